The van der Waals surface area contributed by atoms with E-state index in [2.05, 4.69) is 25.5 Å². The normalized spacial score (nSPS) is 10.8. The van der Waals surface area contributed by atoms with Gasteiger partial charge in [0.25, 0.3) is 0 Å². The van der Waals surface area contributed by atoms with Gasteiger partial charge in [-0.3, -0.25) is 4.57 Å². The molecule has 0 atom stereocenters. The van der Waals surface area contributed by atoms with Gasteiger partial charge in [-0.25, -0.2) is 19.9 Å². The molecule has 0 saturated carbocycles. The summed E-state index contributed by atoms with van der Waals surface area (Å²) >= 11 is 1.25. The molecule has 0 saturated heterocycles. The van der Waals surface area contributed by atoms with Gasteiger partial charge in [0, 0.05) is 31.5 Å². The van der Waals surface area contributed by atoms with Crippen LogP contribution in [0.2, 0.25) is 0 Å². The van der Waals surface area contributed by atoms with Crippen LogP contribution in [-0.2, 0) is 13.6 Å². The van der Waals surface area contributed by atoms with Gasteiger partial charge in [0.2, 0.25) is 0 Å². The van der Waals surface area contributed by atoms with Gasteiger partial charge in [-0.05, 0) is 18.3 Å². The molecular formula is C10H14N6OS. The first kappa shape index (κ1) is 12.8. The molecule has 0 amide bonds. The van der Waals surface area contributed by atoms with Crippen molar-refractivity contribution in [3.63, 3.8) is 0 Å². The lowest BCUT2D eigenvalue weighted by molar-refractivity contribution is 0.715. The van der Waals surface area contributed by atoms with E-state index in [1.165, 1.54) is 16.3 Å². The van der Waals surface area contributed by atoms with Gasteiger partial charge in [0.05, 0.1) is 0 Å². The number of nitrogens with one attached hydrogen (secondary N) is 2. The van der Waals surface area contributed by atoms with Crippen molar-refractivity contribution in [3.05, 3.63) is 28.4 Å². The van der Waals surface area contributed by atoms with E-state index in [0.29, 0.717) is 10.3 Å². The molecule has 2 aromatic heterocycles. The van der Waals surface area contributed by atoms with Crippen molar-refractivity contribution in [2.75, 3.05) is 6.54 Å². The Labute approximate surface area is 108 Å². The Hall–Kier alpha value is -1.67. The minimum absolute atomic E-state index is 0.249. The minimum Gasteiger partial charge on any atom is -0.313 e. The van der Waals surface area contributed by atoms with Crippen LogP contribution in [0.25, 0.3) is 0 Å². The lowest BCUT2D eigenvalue weighted by atomic mass is 10.3. The highest BCUT2D eigenvalue weighted by atomic mass is 32.2. The summed E-state index contributed by atoms with van der Waals surface area (Å²) in [6, 6.07) is 0. The van der Waals surface area contributed by atoms with E-state index < -0.39 is 0 Å². The lowest BCUT2D eigenvalue weighted by Gasteiger charge is -2.02. The van der Waals surface area contributed by atoms with Crippen LogP contribution < -0.4 is 11.0 Å². The molecular weight excluding hydrogens is 252 g/mol. The van der Waals surface area contributed by atoms with Crippen molar-refractivity contribution >= 4 is 11.8 Å². The largest absolute Gasteiger partial charge is 0.343 e. The predicted octanol–water partition coefficient (Wildman–Crippen LogP) is 0.159. The maximum Gasteiger partial charge on any atom is 0.343 e. The zero-order valence-corrected chi connectivity index (χ0v) is 11.0. The molecule has 18 heavy (non-hydrogen) atoms. The fraction of sp³-hybridized carbons (Fsp3) is 0.400. The van der Waals surface area contributed by atoms with E-state index in [1.807, 2.05) is 6.92 Å². The molecule has 0 spiro atoms. The SMILES string of the molecule is CCNCc1cnc(Sc2n[nH]c(=O)n2C)nc1. The van der Waals surface area contributed by atoms with E-state index in [9.17, 15) is 4.79 Å². The first-order valence-corrected chi connectivity index (χ1v) is 6.33. The molecule has 0 radical (unpaired) electrons. The van der Waals surface area contributed by atoms with Gasteiger partial charge in [-0.2, -0.15) is 0 Å². The number of H-pyrrole nitrogens is 1. The van der Waals surface area contributed by atoms with Gasteiger partial charge in [0.1, 0.15) is 0 Å². The summed E-state index contributed by atoms with van der Waals surface area (Å²) in [5.41, 5.74) is 0.776. The number of hydrogen-bond acceptors (Lipinski definition) is 6. The molecule has 0 aromatic carbocycles. The molecule has 2 N–H and O–H groups in total. The van der Waals surface area contributed by atoms with E-state index in [1.54, 1.807) is 19.4 Å². The molecule has 0 bridgehead atoms. The zero-order valence-electron chi connectivity index (χ0n) is 10.2. The third-order valence-electron chi connectivity index (χ3n) is 2.28. The third-order valence-corrected chi connectivity index (χ3v) is 3.22. The van der Waals surface area contributed by atoms with Crippen LogP contribution >= 0.6 is 11.8 Å². The summed E-state index contributed by atoms with van der Waals surface area (Å²) in [6.07, 6.45) is 3.53. The summed E-state index contributed by atoms with van der Waals surface area (Å²) in [5.74, 6) is 0. The van der Waals surface area contributed by atoms with Gasteiger partial charge in [0.15, 0.2) is 10.3 Å². The van der Waals surface area contributed by atoms with Gasteiger partial charge >= 0.3 is 5.69 Å². The first-order chi connectivity index (χ1) is 8.70. The highest BCUT2D eigenvalue weighted by Crippen LogP contribution is 2.19. The van der Waals surface area contributed by atoms with E-state index in [4.69, 9.17) is 0 Å². The second-order valence-corrected chi connectivity index (χ2v) is 4.56. The fourth-order valence-electron chi connectivity index (χ4n) is 1.26. The molecule has 2 aromatic rings. The molecule has 7 nitrogen and oxygen atoms in total. The molecule has 8 heteroatoms. The molecule has 2 heterocycles. The summed E-state index contributed by atoms with van der Waals surface area (Å²) < 4.78 is 1.42. The Balaban J connectivity index is 2.06. The summed E-state index contributed by atoms with van der Waals surface area (Å²) in [4.78, 5) is 19.6. The Morgan fingerprint density at radius 3 is 2.72 bits per heavy atom. The zero-order chi connectivity index (χ0) is 13.0. The van der Waals surface area contributed by atoms with E-state index in [0.717, 1.165) is 18.7 Å². The van der Waals surface area contributed by atoms with Gasteiger partial charge < -0.3 is 5.32 Å². The van der Waals surface area contributed by atoms with Crippen LogP contribution in [0.1, 0.15) is 12.5 Å². The highest BCUT2D eigenvalue weighted by Gasteiger charge is 2.08. The quantitative estimate of drug-likeness (QED) is 0.749. The summed E-state index contributed by atoms with van der Waals surface area (Å²) in [6.45, 7) is 3.71. The number of aromatic amines is 1. The van der Waals surface area contributed by atoms with Crippen molar-refractivity contribution in [3.8, 4) is 0 Å². The Morgan fingerprint density at radius 2 is 2.17 bits per heavy atom. The van der Waals surface area contributed by atoms with Crippen molar-refractivity contribution < 1.29 is 0 Å². The monoisotopic (exact) mass is 266 g/mol. The predicted molar refractivity (Wildman–Crippen MR) is 67.4 cm³/mol. The number of rotatable bonds is 5. The number of aromatic nitrogens is 5. The maximum absolute atomic E-state index is 11.2. The van der Waals surface area contributed by atoms with E-state index in [-0.39, 0.29) is 5.69 Å². The lowest BCUT2D eigenvalue weighted by Crippen LogP contribution is -2.13. The van der Waals surface area contributed by atoms with Crippen molar-refractivity contribution in [2.24, 2.45) is 7.05 Å². The summed E-state index contributed by atoms with van der Waals surface area (Å²) in [5, 5.41) is 10.6. The van der Waals surface area contributed by atoms with Crippen LogP contribution in [-0.4, -0.2) is 31.3 Å². The number of hydrogen-bond donors (Lipinski definition) is 2. The Kier molecular flexibility index (Phi) is 4.11. The average Bonchev–Trinajstić information content (AvgIpc) is 2.70. The Morgan fingerprint density at radius 1 is 1.44 bits per heavy atom. The van der Waals surface area contributed by atoms with Crippen LogP contribution in [0, 0.1) is 0 Å². The highest BCUT2D eigenvalue weighted by molar-refractivity contribution is 7.99. The van der Waals surface area contributed by atoms with Crippen molar-refractivity contribution in [1.82, 2.24) is 30.0 Å². The number of nitrogens with zero attached hydrogens (tertiary/aromatic N) is 4. The molecule has 0 aliphatic carbocycles. The van der Waals surface area contributed by atoms with Crippen LogP contribution in [0.5, 0.6) is 0 Å². The van der Waals surface area contributed by atoms with Gasteiger partial charge in [-0.1, -0.05) is 6.92 Å². The van der Waals surface area contributed by atoms with Crippen LogP contribution in [0.4, 0.5) is 0 Å². The molecule has 0 fully saturated rings. The standard InChI is InChI=1S/C10H14N6OS/c1-3-11-4-7-5-12-8(13-6-7)18-10-15-14-9(17)16(10)2/h5-6,11H,3-4H2,1-2H3,(H,14,17). The van der Waals surface area contributed by atoms with Gasteiger partial charge in [-0.15, -0.1) is 5.10 Å². The molecule has 0 aliphatic rings. The summed E-state index contributed by atoms with van der Waals surface area (Å²) in [7, 11) is 1.65. The topological polar surface area (TPSA) is 88.5 Å². The molecule has 0 unspecified atom stereocenters. The minimum atomic E-state index is -0.249. The maximum atomic E-state index is 11.2. The van der Waals surface area contributed by atoms with Crippen LogP contribution in [0.15, 0.2) is 27.5 Å². The van der Waals surface area contributed by atoms with Crippen molar-refractivity contribution in [1.29, 1.82) is 0 Å². The molecule has 2 rings (SSSR count). The average molecular weight is 266 g/mol. The molecule has 96 valence electrons. The van der Waals surface area contributed by atoms with Crippen molar-refractivity contribution in [2.45, 2.75) is 23.8 Å². The fourth-order valence-corrected chi connectivity index (χ4v) is 1.95. The Bertz CT molecular complexity index is 560. The smallest absolute Gasteiger partial charge is 0.313 e. The first-order valence-electron chi connectivity index (χ1n) is 5.51. The van der Waals surface area contributed by atoms with Crippen LogP contribution in [0.3, 0.4) is 0 Å². The molecule has 0 aliphatic heterocycles. The second-order valence-electron chi connectivity index (χ2n) is 3.63. The second kappa shape index (κ2) is 5.78. The van der Waals surface area contributed by atoms with E-state index >= 15 is 0 Å². The third kappa shape index (κ3) is 2.96.